The number of aliphatic hydroxyl groups excluding tert-OH is 1. The number of carbonyl (C=O) groups excluding carboxylic acids is 2. The number of amides is 1. The molecule has 8 heteroatoms. The summed E-state index contributed by atoms with van der Waals surface area (Å²) in [5, 5.41) is 11.5. The Morgan fingerprint density at radius 1 is 1.03 bits per heavy atom. The first-order valence-electron chi connectivity index (χ1n) is 12.3. The summed E-state index contributed by atoms with van der Waals surface area (Å²) in [7, 11) is 1.58. The minimum atomic E-state index is -0.835. The lowest BCUT2D eigenvalue weighted by Gasteiger charge is -2.27. The predicted molar refractivity (Wildman–Crippen MR) is 136 cm³/mol. The van der Waals surface area contributed by atoms with E-state index < -0.39 is 17.7 Å². The van der Waals surface area contributed by atoms with Crippen LogP contribution in [0.3, 0.4) is 0 Å². The van der Waals surface area contributed by atoms with Crippen molar-refractivity contribution in [1.29, 1.82) is 0 Å². The number of nitrogens with zero attached hydrogens (tertiary/aromatic N) is 1. The summed E-state index contributed by atoms with van der Waals surface area (Å²) in [4.78, 5) is 28.1. The zero-order valence-electron chi connectivity index (χ0n) is 21.6. The Morgan fingerprint density at radius 2 is 1.75 bits per heavy atom. The number of para-hydroxylation sites is 1. The highest BCUT2D eigenvalue weighted by atomic mass is 16.5. The Kier molecular flexibility index (Phi) is 9.36. The van der Waals surface area contributed by atoms with Gasteiger partial charge in [0.1, 0.15) is 23.0 Å². The van der Waals surface area contributed by atoms with E-state index in [2.05, 4.69) is 0 Å². The standard InChI is InChI=1S/C28H35NO7/c1-6-34-19-13-14-21(23(17-19)35-7-2)26(30)24-25(20-11-8-9-12-22(20)36-18(3)4)29(15-10-16-33-5)28(32)27(24)31/h8-9,11-14,17-18,25,30H,6-7,10,15-16H2,1-5H3/b26-24+. The summed E-state index contributed by atoms with van der Waals surface area (Å²) in [6, 6.07) is 11.4. The fourth-order valence-corrected chi connectivity index (χ4v) is 4.26. The molecular weight excluding hydrogens is 462 g/mol. The second kappa shape index (κ2) is 12.4. The molecule has 0 aliphatic carbocycles. The number of aliphatic hydroxyl groups is 1. The van der Waals surface area contributed by atoms with E-state index in [1.807, 2.05) is 45.9 Å². The molecule has 0 spiro atoms. The first-order valence-corrected chi connectivity index (χ1v) is 12.3. The van der Waals surface area contributed by atoms with Crippen molar-refractivity contribution in [3.8, 4) is 17.2 Å². The maximum atomic E-state index is 13.4. The molecule has 1 aliphatic heterocycles. The van der Waals surface area contributed by atoms with Crippen LogP contribution in [0.5, 0.6) is 17.2 Å². The number of hydrogen-bond donors (Lipinski definition) is 1. The van der Waals surface area contributed by atoms with Gasteiger partial charge in [-0.1, -0.05) is 18.2 Å². The highest BCUT2D eigenvalue weighted by Gasteiger charge is 2.47. The zero-order chi connectivity index (χ0) is 26.2. The zero-order valence-corrected chi connectivity index (χ0v) is 21.6. The number of ether oxygens (including phenoxy) is 4. The molecule has 1 heterocycles. The van der Waals surface area contributed by atoms with Crippen LogP contribution in [-0.4, -0.2) is 61.3 Å². The molecule has 1 fully saturated rings. The molecule has 3 rings (SSSR count). The number of rotatable bonds is 12. The monoisotopic (exact) mass is 497 g/mol. The molecule has 2 aromatic rings. The molecule has 0 saturated carbocycles. The normalized spacial score (nSPS) is 17.1. The average Bonchev–Trinajstić information content (AvgIpc) is 3.09. The molecule has 1 N–H and O–H groups in total. The maximum absolute atomic E-state index is 13.4. The van der Waals surface area contributed by atoms with Gasteiger partial charge in [0.25, 0.3) is 11.7 Å². The van der Waals surface area contributed by atoms with Gasteiger partial charge < -0.3 is 29.0 Å². The van der Waals surface area contributed by atoms with Crippen molar-refractivity contribution >= 4 is 17.4 Å². The lowest BCUT2D eigenvalue weighted by molar-refractivity contribution is -0.140. The molecule has 1 saturated heterocycles. The van der Waals surface area contributed by atoms with Gasteiger partial charge in [0.05, 0.1) is 36.5 Å². The molecule has 194 valence electrons. The van der Waals surface area contributed by atoms with Gasteiger partial charge in [-0.05, 0) is 52.3 Å². The molecule has 36 heavy (non-hydrogen) atoms. The van der Waals surface area contributed by atoms with Crippen LogP contribution in [0.1, 0.15) is 51.3 Å². The highest BCUT2D eigenvalue weighted by Crippen LogP contribution is 2.44. The van der Waals surface area contributed by atoms with Crippen LogP contribution in [0, 0.1) is 0 Å². The summed E-state index contributed by atoms with van der Waals surface area (Å²) < 4.78 is 22.5. The molecular formula is C28H35NO7. The first kappa shape index (κ1) is 27.1. The molecule has 0 bridgehead atoms. The quantitative estimate of drug-likeness (QED) is 0.196. The SMILES string of the molecule is CCOc1ccc(/C(O)=C2\C(=O)C(=O)N(CCCOC)C2c2ccccc2OC(C)C)c(OCC)c1. The molecule has 1 aliphatic rings. The summed E-state index contributed by atoms with van der Waals surface area (Å²) in [5.74, 6) is -0.273. The van der Waals surface area contributed by atoms with Gasteiger partial charge in [0.2, 0.25) is 0 Å². The molecule has 8 nitrogen and oxygen atoms in total. The van der Waals surface area contributed by atoms with E-state index in [9.17, 15) is 14.7 Å². The second-order valence-electron chi connectivity index (χ2n) is 8.57. The summed E-state index contributed by atoms with van der Waals surface area (Å²) >= 11 is 0. The average molecular weight is 498 g/mol. The van der Waals surface area contributed by atoms with Crippen LogP contribution < -0.4 is 14.2 Å². The third-order valence-electron chi connectivity index (χ3n) is 5.68. The number of hydrogen-bond acceptors (Lipinski definition) is 7. The number of likely N-dealkylation sites (tertiary alicyclic amines) is 1. The summed E-state index contributed by atoms with van der Waals surface area (Å²) in [6.45, 7) is 9.01. The molecule has 1 amide bonds. The first-order chi connectivity index (χ1) is 17.3. The fourth-order valence-electron chi connectivity index (χ4n) is 4.26. The van der Waals surface area contributed by atoms with Gasteiger partial charge in [-0.3, -0.25) is 9.59 Å². The third-order valence-corrected chi connectivity index (χ3v) is 5.68. The van der Waals surface area contributed by atoms with Crippen LogP contribution in [-0.2, 0) is 14.3 Å². The lowest BCUT2D eigenvalue weighted by Crippen LogP contribution is -2.31. The van der Waals surface area contributed by atoms with Gasteiger partial charge in [-0.25, -0.2) is 0 Å². The van der Waals surface area contributed by atoms with Gasteiger partial charge in [-0.2, -0.15) is 0 Å². The van der Waals surface area contributed by atoms with Gasteiger partial charge in [0, 0.05) is 31.9 Å². The van der Waals surface area contributed by atoms with E-state index in [0.29, 0.717) is 54.6 Å². The Bertz CT molecular complexity index is 1110. The van der Waals surface area contributed by atoms with Gasteiger partial charge >= 0.3 is 0 Å². The number of ketones is 1. The van der Waals surface area contributed by atoms with Crippen molar-refractivity contribution in [3.63, 3.8) is 0 Å². The van der Waals surface area contributed by atoms with Crippen molar-refractivity contribution in [2.75, 3.05) is 33.5 Å². The Labute approximate surface area is 212 Å². The van der Waals surface area contributed by atoms with Crippen LogP contribution in [0.15, 0.2) is 48.0 Å². The lowest BCUT2D eigenvalue weighted by atomic mass is 9.94. The molecule has 0 aromatic heterocycles. The van der Waals surface area contributed by atoms with Crippen molar-refractivity contribution in [2.45, 2.75) is 46.3 Å². The molecule has 1 atom stereocenters. The largest absolute Gasteiger partial charge is 0.507 e. The minimum absolute atomic E-state index is 0.0117. The highest BCUT2D eigenvalue weighted by molar-refractivity contribution is 6.46. The Balaban J connectivity index is 2.21. The van der Waals surface area contributed by atoms with Crippen molar-refractivity contribution < 1.29 is 33.6 Å². The topological polar surface area (TPSA) is 94.5 Å². The van der Waals surface area contributed by atoms with E-state index in [1.165, 1.54) is 4.90 Å². The maximum Gasteiger partial charge on any atom is 0.295 e. The molecule has 2 aromatic carbocycles. The van der Waals surface area contributed by atoms with E-state index in [4.69, 9.17) is 18.9 Å². The van der Waals surface area contributed by atoms with Crippen molar-refractivity contribution in [1.82, 2.24) is 4.90 Å². The second-order valence-corrected chi connectivity index (χ2v) is 8.57. The van der Waals surface area contributed by atoms with Crippen molar-refractivity contribution in [2.24, 2.45) is 0 Å². The molecule has 1 unspecified atom stereocenters. The number of Topliss-reactive ketones (excluding diaryl/α,β-unsaturated/α-hetero) is 1. The van der Waals surface area contributed by atoms with Crippen LogP contribution in [0.25, 0.3) is 5.76 Å². The Hall–Kier alpha value is -3.52. The predicted octanol–water partition coefficient (Wildman–Crippen LogP) is 4.73. The van der Waals surface area contributed by atoms with Crippen LogP contribution in [0.2, 0.25) is 0 Å². The number of carbonyl (C=O) groups is 2. The fraction of sp³-hybridized carbons (Fsp3) is 0.429. The van der Waals surface area contributed by atoms with Crippen molar-refractivity contribution in [3.05, 3.63) is 59.2 Å². The van der Waals surface area contributed by atoms with Gasteiger partial charge in [0.15, 0.2) is 0 Å². The summed E-state index contributed by atoms with van der Waals surface area (Å²) in [5.41, 5.74) is 0.915. The third kappa shape index (κ3) is 5.82. The van der Waals surface area contributed by atoms with E-state index >= 15 is 0 Å². The molecule has 0 radical (unpaired) electrons. The number of methoxy groups -OCH3 is 1. The summed E-state index contributed by atoms with van der Waals surface area (Å²) in [6.07, 6.45) is 0.401. The van der Waals surface area contributed by atoms with Crippen LogP contribution in [0.4, 0.5) is 0 Å². The van der Waals surface area contributed by atoms with E-state index in [1.54, 1.807) is 31.4 Å². The minimum Gasteiger partial charge on any atom is -0.507 e. The van der Waals surface area contributed by atoms with Gasteiger partial charge in [-0.15, -0.1) is 0 Å². The Morgan fingerprint density at radius 3 is 2.42 bits per heavy atom. The van der Waals surface area contributed by atoms with E-state index in [0.717, 1.165) is 0 Å². The van der Waals surface area contributed by atoms with E-state index in [-0.39, 0.29) is 24.0 Å². The van der Waals surface area contributed by atoms with Crippen LogP contribution >= 0.6 is 0 Å². The number of benzene rings is 2. The smallest absolute Gasteiger partial charge is 0.295 e.